The number of ether oxygens (including phenoxy) is 2. The number of amides is 1. The summed E-state index contributed by atoms with van der Waals surface area (Å²) >= 11 is 0. The summed E-state index contributed by atoms with van der Waals surface area (Å²) in [7, 11) is 0. The monoisotopic (exact) mass is 278 g/mol. The molecule has 1 aliphatic rings. The van der Waals surface area contributed by atoms with Gasteiger partial charge < -0.3 is 14.4 Å². The van der Waals surface area contributed by atoms with Crippen LogP contribution in [0.1, 0.15) is 27.2 Å². The number of rotatable bonds is 3. The van der Waals surface area contributed by atoms with E-state index in [2.05, 4.69) is 4.98 Å². The van der Waals surface area contributed by atoms with Gasteiger partial charge in [-0.25, -0.2) is 4.79 Å². The molecule has 0 unspecified atom stereocenters. The smallest absolute Gasteiger partial charge is 0.410 e. The second kappa shape index (κ2) is 6.11. The largest absolute Gasteiger partial charge is 0.493 e. The molecule has 1 fully saturated rings. The first-order valence-electron chi connectivity index (χ1n) is 6.95. The van der Waals surface area contributed by atoms with Crippen LogP contribution < -0.4 is 4.74 Å². The molecule has 1 aliphatic heterocycles. The molecule has 1 aromatic heterocycles. The first-order valence-corrected chi connectivity index (χ1v) is 6.95. The lowest BCUT2D eigenvalue weighted by Gasteiger charge is -2.24. The van der Waals surface area contributed by atoms with E-state index in [1.54, 1.807) is 17.3 Å². The lowest BCUT2D eigenvalue weighted by molar-refractivity contribution is 0.0285. The second-order valence-corrected chi connectivity index (χ2v) is 6.07. The van der Waals surface area contributed by atoms with Gasteiger partial charge in [0.2, 0.25) is 0 Å². The highest BCUT2D eigenvalue weighted by molar-refractivity contribution is 5.68. The van der Waals surface area contributed by atoms with Gasteiger partial charge in [0.05, 0.1) is 6.61 Å². The van der Waals surface area contributed by atoms with Gasteiger partial charge in [-0.05, 0) is 39.3 Å². The maximum Gasteiger partial charge on any atom is 0.410 e. The summed E-state index contributed by atoms with van der Waals surface area (Å²) in [6, 6.07) is 3.67. The van der Waals surface area contributed by atoms with Gasteiger partial charge in [-0.1, -0.05) is 0 Å². The zero-order valence-corrected chi connectivity index (χ0v) is 12.3. The predicted octanol–water partition coefficient (Wildman–Crippen LogP) is 2.72. The van der Waals surface area contributed by atoms with Crippen LogP contribution in [0.5, 0.6) is 5.75 Å². The Balaban J connectivity index is 1.76. The van der Waals surface area contributed by atoms with Crippen molar-refractivity contribution >= 4 is 6.09 Å². The molecule has 0 bridgehead atoms. The molecule has 2 heterocycles. The first kappa shape index (κ1) is 14.6. The van der Waals surface area contributed by atoms with Crippen molar-refractivity contribution in [1.29, 1.82) is 0 Å². The third-order valence-corrected chi connectivity index (χ3v) is 3.07. The molecule has 20 heavy (non-hydrogen) atoms. The molecule has 2 rings (SSSR count). The highest BCUT2D eigenvalue weighted by Gasteiger charge is 2.29. The van der Waals surface area contributed by atoms with Gasteiger partial charge in [-0.3, -0.25) is 4.98 Å². The van der Waals surface area contributed by atoms with E-state index in [4.69, 9.17) is 9.47 Å². The summed E-state index contributed by atoms with van der Waals surface area (Å²) in [5.74, 6) is 1.17. The molecular formula is C15H22N2O3. The fraction of sp³-hybridized carbons (Fsp3) is 0.600. The lowest BCUT2D eigenvalue weighted by Crippen LogP contribution is -2.35. The maximum atomic E-state index is 11.9. The molecule has 1 aromatic rings. The molecule has 0 N–H and O–H groups in total. The lowest BCUT2D eigenvalue weighted by atomic mass is 10.1. The van der Waals surface area contributed by atoms with E-state index in [9.17, 15) is 4.79 Å². The van der Waals surface area contributed by atoms with Crippen molar-refractivity contribution < 1.29 is 14.3 Å². The van der Waals surface area contributed by atoms with Crippen LogP contribution in [-0.2, 0) is 4.74 Å². The summed E-state index contributed by atoms with van der Waals surface area (Å²) in [5.41, 5.74) is -0.442. The van der Waals surface area contributed by atoms with Crippen LogP contribution >= 0.6 is 0 Å². The van der Waals surface area contributed by atoms with Crippen molar-refractivity contribution in [3.63, 3.8) is 0 Å². The number of pyridine rings is 1. The predicted molar refractivity (Wildman–Crippen MR) is 75.6 cm³/mol. The van der Waals surface area contributed by atoms with Crippen LogP contribution in [0, 0.1) is 5.92 Å². The topological polar surface area (TPSA) is 51.7 Å². The summed E-state index contributed by atoms with van der Waals surface area (Å²) < 4.78 is 11.1. The zero-order chi connectivity index (χ0) is 14.6. The van der Waals surface area contributed by atoms with E-state index in [-0.39, 0.29) is 6.09 Å². The van der Waals surface area contributed by atoms with Crippen molar-refractivity contribution in [2.24, 2.45) is 5.92 Å². The minimum Gasteiger partial charge on any atom is -0.493 e. The number of hydrogen-bond acceptors (Lipinski definition) is 4. The number of hydrogen-bond donors (Lipinski definition) is 0. The van der Waals surface area contributed by atoms with Crippen LogP contribution in [0.3, 0.4) is 0 Å². The van der Waals surface area contributed by atoms with Crippen molar-refractivity contribution in [2.75, 3.05) is 19.7 Å². The molecule has 1 amide bonds. The van der Waals surface area contributed by atoms with Crippen molar-refractivity contribution in [3.05, 3.63) is 24.5 Å². The molecular weight excluding hydrogens is 256 g/mol. The Labute approximate surface area is 119 Å². The highest BCUT2D eigenvalue weighted by Crippen LogP contribution is 2.20. The molecule has 5 nitrogen and oxygen atoms in total. The molecule has 5 heteroatoms. The Morgan fingerprint density at radius 3 is 2.75 bits per heavy atom. The third kappa shape index (κ3) is 4.40. The van der Waals surface area contributed by atoms with Crippen molar-refractivity contribution in [3.8, 4) is 5.75 Å². The highest BCUT2D eigenvalue weighted by atomic mass is 16.6. The quantitative estimate of drug-likeness (QED) is 0.853. The minimum atomic E-state index is -0.442. The Kier molecular flexibility index (Phi) is 4.47. The van der Waals surface area contributed by atoms with E-state index in [0.29, 0.717) is 19.1 Å². The van der Waals surface area contributed by atoms with E-state index < -0.39 is 5.60 Å². The molecule has 0 spiro atoms. The third-order valence-electron chi connectivity index (χ3n) is 3.07. The van der Waals surface area contributed by atoms with Gasteiger partial charge in [-0.2, -0.15) is 0 Å². The van der Waals surface area contributed by atoms with Gasteiger partial charge in [0.1, 0.15) is 11.4 Å². The first-order chi connectivity index (χ1) is 9.44. The fourth-order valence-electron chi connectivity index (χ4n) is 2.11. The summed E-state index contributed by atoms with van der Waals surface area (Å²) in [5, 5.41) is 0. The Morgan fingerprint density at radius 1 is 1.40 bits per heavy atom. The van der Waals surface area contributed by atoms with Crippen LogP contribution in [0.4, 0.5) is 4.79 Å². The van der Waals surface area contributed by atoms with Gasteiger partial charge >= 0.3 is 6.09 Å². The summed E-state index contributed by atoms with van der Waals surface area (Å²) in [6.45, 7) is 7.68. The van der Waals surface area contributed by atoms with Gasteiger partial charge in [-0.15, -0.1) is 0 Å². The van der Waals surface area contributed by atoms with Crippen LogP contribution in [0.2, 0.25) is 0 Å². The van der Waals surface area contributed by atoms with Crippen LogP contribution in [-0.4, -0.2) is 41.3 Å². The average molecular weight is 278 g/mol. The zero-order valence-electron chi connectivity index (χ0n) is 12.3. The molecule has 0 aliphatic carbocycles. The van der Waals surface area contributed by atoms with E-state index in [1.807, 2.05) is 32.9 Å². The van der Waals surface area contributed by atoms with Crippen LogP contribution in [0.25, 0.3) is 0 Å². The van der Waals surface area contributed by atoms with E-state index in [0.717, 1.165) is 18.7 Å². The van der Waals surface area contributed by atoms with Gasteiger partial charge in [0, 0.05) is 31.4 Å². The molecule has 110 valence electrons. The number of carbonyl (C=O) groups excluding carboxylic acids is 1. The Morgan fingerprint density at radius 2 is 2.10 bits per heavy atom. The van der Waals surface area contributed by atoms with Gasteiger partial charge in [0.25, 0.3) is 0 Å². The second-order valence-electron chi connectivity index (χ2n) is 6.07. The molecule has 0 radical (unpaired) electrons. The van der Waals surface area contributed by atoms with Gasteiger partial charge in [0.15, 0.2) is 0 Å². The minimum absolute atomic E-state index is 0.232. The summed E-state index contributed by atoms with van der Waals surface area (Å²) in [4.78, 5) is 17.6. The molecule has 0 saturated carbocycles. The summed E-state index contributed by atoms with van der Waals surface area (Å²) in [6.07, 6.45) is 4.13. The fourth-order valence-corrected chi connectivity index (χ4v) is 2.11. The van der Waals surface area contributed by atoms with Crippen molar-refractivity contribution in [2.45, 2.75) is 32.8 Å². The number of likely N-dealkylation sites (tertiary alicyclic amines) is 1. The normalized spacial score (nSPS) is 18.9. The van der Waals surface area contributed by atoms with E-state index in [1.165, 1.54) is 0 Å². The standard InChI is InChI=1S/C15H22N2O3/c1-15(2,3)20-14(18)17-9-6-12(10-17)11-19-13-4-7-16-8-5-13/h4-5,7-8,12H,6,9-11H2,1-3H3/t12-/m0/s1. The van der Waals surface area contributed by atoms with Crippen LogP contribution in [0.15, 0.2) is 24.5 Å². The Bertz CT molecular complexity index is 442. The maximum absolute atomic E-state index is 11.9. The van der Waals surface area contributed by atoms with E-state index >= 15 is 0 Å². The average Bonchev–Trinajstić information content (AvgIpc) is 2.84. The molecule has 0 aromatic carbocycles. The SMILES string of the molecule is CC(C)(C)OC(=O)N1CC[C@H](COc2ccncc2)C1. The number of nitrogens with zero attached hydrogens (tertiary/aromatic N) is 2. The molecule has 1 atom stereocenters. The van der Waals surface area contributed by atoms with Crippen molar-refractivity contribution in [1.82, 2.24) is 9.88 Å². The molecule has 1 saturated heterocycles. The Hall–Kier alpha value is -1.78. The number of carbonyl (C=O) groups is 1. The number of aromatic nitrogens is 1.